The van der Waals surface area contributed by atoms with Gasteiger partial charge >= 0.3 is 0 Å². The zero-order chi connectivity index (χ0) is 13.2. The topological polar surface area (TPSA) is 51.0 Å². The normalized spacial score (nSPS) is 14.9. The minimum absolute atomic E-state index is 0.0807. The minimum atomic E-state index is 0.0807. The van der Waals surface area contributed by atoms with E-state index in [0.29, 0.717) is 5.56 Å². The van der Waals surface area contributed by atoms with Gasteiger partial charge in [0.1, 0.15) is 0 Å². The van der Waals surface area contributed by atoms with E-state index in [1.807, 2.05) is 30.0 Å². The van der Waals surface area contributed by atoms with Crippen molar-refractivity contribution in [2.24, 2.45) is 0 Å². The van der Waals surface area contributed by atoms with Gasteiger partial charge in [-0.3, -0.25) is 4.79 Å². The second kappa shape index (κ2) is 4.84. The van der Waals surface area contributed by atoms with Gasteiger partial charge < -0.3 is 4.90 Å². The Labute approximate surface area is 111 Å². The van der Waals surface area contributed by atoms with Crippen molar-refractivity contribution >= 4 is 5.91 Å². The molecule has 0 unspecified atom stereocenters. The number of pyridine rings is 1. The van der Waals surface area contributed by atoms with Crippen LogP contribution in [0, 0.1) is 6.92 Å². The third-order valence-electron chi connectivity index (χ3n) is 3.50. The highest BCUT2D eigenvalue weighted by atomic mass is 16.2. The van der Waals surface area contributed by atoms with Crippen molar-refractivity contribution in [3.63, 3.8) is 0 Å². The van der Waals surface area contributed by atoms with Crippen LogP contribution in [0.1, 0.15) is 28.9 Å². The van der Waals surface area contributed by atoms with Crippen LogP contribution in [0.2, 0.25) is 0 Å². The molecular weight excluding hydrogens is 240 g/mol. The van der Waals surface area contributed by atoms with Gasteiger partial charge in [-0.15, -0.1) is 0 Å². The number of nitrogens with zero attached hydrogens (tertiary/aromatic N) is 4. The van der Waals surface area contributed by atoms with Crippen molar-refractivity contribution in [2.45, 2.75) is 19.8 Å². The van der Waals surface area contributed by atoms with Crippen LogP contribution < -0.4 is 0 Å². The Kier molecular flexibility index (Phi) is 3.03. The fourth-order valence-electron chi connectivity index (χ4n) is 2.42. The molecule has 5 heteroatoms. The van der Waals surface area contributed by atoms with Gasteiger partial charge in [0.25, 0.3) is 5.91 Å². The van der Waals surface area contributed by atoms with Crippen molar-refractivity contribution in [3.8, 4) is 5.82 Å². The van der Waals surface area contributed by atoms with Crippen molar-refractivity contribution in [2.75, 3.05) is 13.1 Å². The molecule has 2 aromatic rings. The number of carbonyl (C=O) groups excluding carboxylic acids is 1. The molecule has 98 valence electrons. The predicted molar refractivity (Wildman–Crippen MR) is 71.2 cm³/mol. The summed E-state index contributed by atoms with van der Waals surface area (Å²) >= 11 is 0. The molecule has 0 atom stereocenters. The average Bonchev–Trinajstić information content (AvgIpc) is 3.08. The number of carbonyl (C=O) groups is 1. The molecule has 1 fully saturated rings. The summed E-state index contributed by atoms with van der Waals surface area (Å²) in [6.45, 7) is 3.62. The third-order valence-corrected chi connectivity index (χ3v) is 3.50. The zero-order valence-corrected chi connectivity index (χ0v) is 10.9. The van der Waals surface area contributed by atoms with Crippen LogP contribution in [0.3, 0.4) is 0 Å². The molecule has 1 aliphatic heterocycles. The molecule has 1 aliphatic rings. The highest BCUT2D eigenvalue weighted by Gasteiger charge is 2.23. The molecule has 3 heterocycles. The molecule has 3 rings (SSSR count). The van der Waals surface area contributed by atoms with E-state index >= 15 is 0 Å². The Morgan fingerprint density at radius 3 is 2.74 bits per heavy atom. The monoisotopic (exact) mass is 256 g/mol. The minimum Gasteiger partial charge on any atom is -0.339 e. The molecule has 0 saturated carbocycles. The van der Waals surface area contributed by atoms with Crippen molar-refractivity contribution in [3.05, 3.63) is 41.9 Å². The van der Waals surface area contributed by atoms with Crippen LogP contribution in [0.25, 0.3) is 5.82 Å². The first-order chi connectivity index (χ1) is 9.27. The summed E-state index contributed by atoms with van der Waals surface area (Å²) in [5, 5.41) is 4.29. The second-order valence-electron chi connectivity index (χ2n) is 4.74. The van der Waals surface area contributed by atoms with Crippen LogP contribution in [-0.4, -0.2) is 38.7 Å². The molecule has 1 saturated heterocycles. The number of hydrogen-bond acceptors (Lipinski definition) is 3. The molecule has 5 nitrogen and oxygen atoms in total. The number of hydrogen-bond donors (Lipinski definition) is 0. The lowest BCUT2D eigenvalue weighted by atomic mass is 10.2. The summed E-state index contributed by atoms with van der Waals surface area (Å²) < 4.78 is 1.71. The molecular formula is C14H16N4O. The molecule has 0 bridgehead atoms. The summed E-state index contributed by atoms with van der Waals surface area (Å²) in [6, 6.07) is 5.65. The molecule has 0 radical (unpaired) electrons. The van der Waals surface area contributed by atoms with Crippen LogP contribution in [0.15, 0.2) is 30.6 Å². The van der Waals surface area contributed by atoms with Crippen LogP contribution in [0.4, 0.5) is 0 Å². The Balaban J connectivity index is 1.93. The molecule has 2 aromatic heterocycles. The second-order valence-corrected chi connectivity index (χ2v) is 4.74. The summed E-state index contributed by atoms with van der Waals surface area (Å²) in [5.41, 5.74) is 1.52. The van der Waals surface area contributed by atoms with E-state index in [9.17, 15) is 4.79 Å². The number of rotatable bonds is 2. The Morgan fingerprint density at radius 1 is 1.26 bits per heavy atom. The van der Waals surface area contributed by atoms with Crippen LogP contribution >= 0.6 is 0 Å². The Morgan fingerprint density at radius 2 is 2.05 bits per heavy atom. The van der Waals surface area contributed by atoms with E-state index in [1.54, 1.807) is 17.1 Å². The molecule has 1 amide bonds. The summed E-state index contributed by atoms with van der Waals surface area (Å²) in [7, 11) is 0. The standard InChI is InChI=1S/C14H16N4O/c1-11-12(14(19)17-8-4-5-9-17)10-16-18(11)13-6-2-3-7-15-13/h2-3,6-7,10H,4-5,8-9H2,1H3. The molecule has 19 heavy (non-hydrogen) atoms. The van der Waals surface area contributed by atoms with E-state index < -0.39 is 0 Å². The van der Waals surface area contributed by atoms with Gasteiger partial charge in [-0.25, -0.2) is 9.67 Å². The van der Waals surface area contributed by atoms with Crippen LogP contribution in [-0.2, 0) is 0 Å². The first-order valence-corrected chi connectivity index (χ1v) is 6.52. The van der Waals surface area contributed by atoms with Gasteiger partial charge in [-0.2, -0.15) is 5.10 Å². The Hall–Kier alpha value is -2.17. The quantitative estimate of drug-likeness (QED) is 0.823. The maximum Gasteiger partial charge on any atom is 0.257 e. The number of likely N-dealkylation sites (tertiary alicyclic amines) is 1. The van der Waals surface area contributed by atoms with Gasteiger partial charge in [0, 0.05) is 19.3 Å². The van der Waals surface area contributed by atoms with E-state index in [1.165, 1.54) is 0 Å². The first-order valence-electron chi connectivity index (χ1n) is 6.52. The third kappa shape index (κ3) is 2.12. The highest BCUT2D eigenvalue weighted by Crippen LogP contribution is 2.17. The van der Waals surface area contributed by atoms with Gasteiger partial charge in [-0.1, -0.05) is 6.07 Å². The zero-order valence-electron chi connectivity index (χ0n) is 10.9. The fraction of sp³-hybridized carbons (Fsp3) is 0.357. The maximum atomic E-state index is 12.4. The molecule has 0 aliphatic carbocycles. The van der Waals surface area contributed by atoms with E-state index in [-0.39, 0.29) is 5.91 Å². The largest absolute Gasteiger partial charge is 0.339 e. The number of amides is 1. The van der Waals surface area contributed by atoms with Crippen molar-refractivity contribution in [1.29, 1.82) is 0 Å². The Bertz CT molecular complexity index is 585. The smallest absolute Gasteiger partial charge is 0.257 e. The SMILES string of the molecule is Cc1c(C(=O)N2CCCC2)cnn1-c1ccccn1. The van der Waals surface area contributed by atoms with E-state index in [0.717, 1.165) is 37.4 Å². The maximum absolute atomic E-state index is 12.4. The summed E-state index contributed by atoms with van der Waals surface area (Å²) in [4.78, 5) is 18.5. The summed E-state index contributed by atoms with van der Waals surface area (Å²) in [6.07, 6.45) is 5.56. The van der Waals surface area contributed by atoms with E-state index in [2.05, 4.69) is 10.1 Å². The fourth-order valence-corrected chi connectivity index (χ4v) is 2.42. The molecule has 0 spiro atoms. The molecule has 0 N–H and O–H groups in total. The van der Waals surface area contributed by atoms with Crippen LogP contribution in [0.5, 0.6) is 0 Å². The van der Waals surface area contributed by atoms with Gasteiger partial charge in [0.15, 0.2) is 5.82 Å². The lowest BCUT2D eigenvalue weighted by molar-refractivity contribution is 0.0792. The van der Waals surface area contributed by atoms with Crippen molar-refractivity contribution < 1.29 is 4.79 Å². The van der Waals surface area contributed by atoms with Gasteiger partial charge in [0.05, 0.1) is 17.5 Å². The summed E-state index contributed by atoms with van der Waals surface area (Å²) in [5.74, 6) is 0.817. The lowest BCUT2D eigenvalue weighted by Gasteiger charge is -2.14. The average molecular weight is 256 g/mol. The lowest BCUT2D eigenvalue weighted by Crippen LogP contribution is -2.27. The van der Waals surface area contributed by atoms with Gasteiger partial charge in [-0.05, 0) is 31.9 Å². The van der Waals surface area contributed by atoms with Gasteiger partial charge in [0.2, 0.25) is 0 Å². The first kappa shape index (κ1) is 11.9. The highest BCUT2D eigenvalue weighted by molar-refractivity contribution is 5.95. The number of aromatic nitrogens is 3. The molecule has 0 aromatic carbocycles. The van der Waals surface area contributed by atoms with Crippen molar-refractivity contribution in [1.82, 2.24) is 19.7 Å². The van der Waals surface area contributed by atoms with E-state index in [4.69, 9.17) is 0 Å². The predicted octanol–water partition coefficient (Wildman–Crippen LogP) is 1.81.